The fourth-order valence-corrected chi connectivity index (χ4v) is 5.92. The van der Waals surface area contributed by atoms with Crippen LogP contribution < -0.4 is 0 Å². The number of pyridine rings is 1. The van der Waals surface area contributed by atoms with Crippen molar-refractivity contribution in [2.75, 3.05) is 19.7 Å². The molecule has 1 aliphatic rings. The van der Waals surface area contributed by atoms with E-state index in [9.17, 15) is 13.2 Å². The number of hydrogen-bond acceptors (Lipinski definition) is 6. The molecule has 27 heavy (non-hydrogen) atoms. The van der Waals surface area contributed by atoms with Gasteiger partial charge in [0.15, 0.2) is 0 Å². The summed E-state index contributed by atoms with van der Waals surface area (Å²) in [7, 11) is -3.64. The lowest BCUT2D eigenvalue weighted by molar-refractivity contribution is 0.0502. The lowest BCUT2D eigenvalue weighted by Crippen LogP contribution is -2.36. The second-order valence-corrected chi connectivity index (χ2v) is 9.41. The maximum Gasteiger partial charge on any atom is 0.349 e. The highest BCUT2D eigenvalue weighted by atomic mass is 32.2. The molecule has 1 saturated heterocycles. The molecule has 146 valence electrons. The van der Waals surface area contributed by atoms with Gasteiger partial charge in [0.2, 0.25) is 10.0 Å². The fraction of sp³-hybridized carbons (Fsp3) is 0.474. The highest BCUT2D eigenvalue weighted by Crippen LogP contribution is 2.28. The number of aromatic nitrogens is 1. The summed E-state index contributed by atoms with van der Waals surface area (Å²) in [4.78, 5) is 17.1. The second kappa shape index (κ2) is 8.95. The minimum absolute atomic E-state index is 0.0692. The third-order valence-corrected chi connectivity index (χ3v) is 7.47. The van der Waals surface area contributed by atoms with Crippen LogP contribution in [0.15, 0.2) is 34.5 Å². The molecule has 6 nitrogen and oxygen atoms in total. The van der Waals surface area contributed by atoms with Gasteiger partial charge in [-0.3, -0.25) is 4.98 Å². The second-order valence-electron chi connectivity index (χ2n) is 6.59. The number of ether oxygens (including phenoxy) is 1. The van der Waals surface area contributed by atoms with Crippen molar-refractivity contribution >= 4 is 27.3 Å². The van der Waals surface area contributed by atoms with Crippen molar-refractivity contribution in [3.8, 4) is 0 Å². The Morgan fingerprint density at radius 2 is 2.00 bits per heavy atom. The van der Waals surface area contributed by atoms with Crippen molar-refractivity contribution in [1.82, 2.24) is 9.29 Å². The van der Waals surface area contributed by atoms with Gasteiger partial charge in [0.05, 0.1) is 6.61 Å². The van der Waals surface area contributed by atoms with E-state index in [4.69, 9.17) is 4.74 Å². The molecular weight excluding hydrogens is 384 g/mol. The summed E-state index contributed by atoms with van der Waals surface area (Å²) in [6.07, 6.45) is 4.10. The summed E-state index contributed by atoms with van der Waals surface area (Å²) in [5, 5.41) is 1.63. The average molecular weight is 409 g/mol. The summed E-state index contributed by atoms with van der Waals surface area (Å²) >= 11 is 1.11. The highest BCUT2D eigenvalue weighted by molar-refractivity contribution is 7.89. The van der Waals surface area contributed by atoms with E-state index >= 15 is 0 Å². The summed E-state index contributed by atoms with van der Waals surface area (Å²) in [6.45, 7) is 3.19. The summed E-state index contributed by atoms with van der Waals surface area (Å²) in [5.41, 5.74) is 1.91. The van der Waals surface area contributed by atoms with Gasteiger partial charge in [-0.25, -0.2) is 13.2 Å². The van der Waals surface area contributed by atoms with Gasteiger partial charge < -0.3 is 4.74 Å². The Kier molecular flexibility index (Phi) is 6.62. The van der Waals surface area contributed by atoms with Gasteiger partial charge in [-0.15, -0.1) is 11.3 Å². The number of rotatable bonds is 7. The Hall–Kier alpha value is -1.77. The zero-order valence-electron chi connectivity index (χ0n) is 15.4. The molecule has 0 aromatic carbocycles. The Morgan fingerprint density at radius 3 is 2.74 bits per heavy atom. The van der Waals surface area contributed by atoms with E-state index < -0.39 is 16.0 Å². The fourth-order valence-electron chi connectivity index (χ4n) is 3.12. The molecule has 1 fully saturated rings. The van der Waals surface area contributed by atoms with Crippen LogP contribution in [0.5, 0.6) is 0 Å². The van der Waals surface area contributed by atoms with Crippen LogP contribution in [0.3, 0.4) is 0 Å². The largest absolute Gasteiger partial charge is 0.461 e. The zero-order valence-corrected chi connectivity index (χ0v) is 17.0. The maximum absolute atomic E-state index is 12.8. The quantitative estimate of drug-likeness (QED) is 0.518. The molecule has 0 saturated carbocycles. The molecule has 0 bridgehead atoms. The Balaban J connectivity index is 1.58. The van der Waals surface area contributed by atoms with E-state index in [0.717, 1.165) is 42.0 Å². The number of carbonyl (C=O) groups is 1. The molecule has 0 atom stereocenters. The number of nitrogens with zero attached hydrogens (tertiary/aromatic N) is 2. The van der Waals surface area contributed by atoms with Crippen LogP contribution in [0.2, 0.25) is 0 Å². The van der Waals surface area contributed by atoms with Crippen LogP contribution in [-0.2, 0) is 21.2 Å². The van der Waals surface area contributed by atoms with Gasteiger partial charge in [-0.05, 0) is 56.2 Å². The van der Waals surface area contributed by atoms with Crippen LogP contribution >= 0.6 is 11.3 Å². The van der Waals surface area contributed by atoms with Crippen molar-refractivity contribution in [2.45, 2.75) is 43.9 Å². The molecule has 2 aromatic rings. The smallest absolute Gasteiger partial charge is 0.349 e. The molecule has 0 unspecified atom stereocenters. The Morgan fingerprint density at radius 1 is 1.22 bits per heavy atom. The Labute approximate surface area is 164 Å². The monoisotopic (exact) mass is 408 g/mol. The van der Waals surface area contributed by atoms with E-state index in [-0.39, 0.29) is 16.4 Å². The van der Waals surface area contributed by atoms with Gasteiger partial charge in [-0.2, -0.15) is 4.31 Å². The zero-order chi connectivity index (χ0) is 19.3. The predicted octanol–water partition coefficient (Wildman–Crippen LogP) is 3.42. The molecule has 0 amide bonds. The van der Waals surface area contributed by atoms with Gasteiger partial charge in [0, 0.05) is 24.5 Å². The van der Waals surface area contributed by atoms with Crippen LogP contribution in [0.4, 0.5) is 0 Å². The summed E-state index contributed by atoms with van der Waals surface area (Å²) in [5.74, 6) is -0.571. The molecule has 0 radical (unpaired) electrons. The average Bonchev–Trinajstić information content (AvgIpc) is 3.17. The molecule has 8 heteroatoms. The van der Waals surface area contributed by atoms with Crippen LogP contribution in [0.1, 0.15) is 46.7 Å². The summed E-state index contributed by atoms with van der Waals surface area (Å²) in [6, 6.07) is 7.33. The molecule has 0 spiro atoms. The first-order valence-corrected chi connectivity index (χ1v) is 11.5. The van der Waals surface area contributed by atoms with Crippen molar-refractivity contribution < 1.29 is 17.9 Å². The van der Waals surface area contributed by atoms with E-state index in [1.54, 1.807) is 5.38 Å². The number of aryl methyl sites for hydroxylation is 2. The number of carbonyl (C=O) groups excluding carboxylic acids is 1. The molecule has 3 rings (SSSR count). The third-order valence-electron chi connectivity index (χ3n) is 4.50. The molecular formula is C19H24N2O4S2. The Bertz CT molecular complexity index is 887. The topological polar surface area (TPSA) is 76.6 Å². The van der Waals surface area contributed by atoms with Gasteiger partial charge >= 0.3 is 5.97 Å². The van der Waals surface area contributed by atoms with Crippen molar-refractivity contribution in [1.29, 1.82) is 0 Å². The molecule has 1 aliphatic heterocycles. The maximum atomic E-state index is 12.8. The lowest BCUT2D eigenvalue weighted by atomic mass is 10.2. The minimum atomic E-state index is -3.64. The van der Waals surface area contributed by atoms with Gasteiger partial charge in [-0.1, -0.05) is 12.5 Å². The van der Waals surface area contributed by atoms with Crippen LogP contribution in [0, 0.1) is 6.92 Å². The number of thiophene rings is 1. The highest BCUT2D eigenvalue weighted by Gasteiger charge is 2.31. The van der Waals surface area contributed by atoms with E-state index in [0.29, 0.717) is 25.9 Å². The van der Waals surface area contributed by atoms with E-state index in [1.165, 1.54) is 10.4 Å². The first kappa shape index (κ1) is 20.0. The number of esters is 1. The van der Waals surface area contributed by atoms with Crippen LogP contribution in [-0.4, -0.2) is 43.4 Å². The SMILES string of the molecule is Cc1cccc(CCCOC(=O)c2sccc2S(=O)(=O)N2CCCCC2)n1. The van der Waals surface area contributed by atoms with Crippen molar-refractivity contribution in [3.05, 3.63) is 45.9 Å². The number of hydrogen-bond donors (Lipinski definition) is 0. The minimum Gasteiger partial charge on any atom is -0.461 e. The first-order chi connectivity index (χ1) is 13.0. The number of piperidine rings is 1. The van der Waals surface area contributed by atoms with Crippen molar-refractivity contribution in [2.24, 2.45) is 0 Å². The van der Waals surface area contributed by atoms with Gasteiger partial charge in [0.1, 0.15) is 9.77 Å². The standard InChI is InChI=1S/C19H24N2O4S2/c1-15-7-5-8-16(20-15)9-6-13-25-19(22)18-17(10-14-26-18)27(23,24)21-11-3-2-4-12-21/h5,7-8,10,14H,2-4,6,9,11-13H2,1H3. The number of sulfonamides is 1. The van der Waals surface area contributed by atoms with E-state index in [2.05, 4.69) is 4.98 Å². The first-order valence-electron chi connectivity index (χ1n) is 9.16. The van der Waals surface area contributed by atoms with Gasteiger partial charge in [0.25, 0.3) is 0 Å². The summed E-state index contributed by atoms with van der Waals surface area (Å²) < 4.78 is 32.5. The van der Waals surface area contributed by atoms with Crippen molar-refractivity contribution in [3.63, 3.8) is 0 Å². The molecule has 0 N–H and O–H groups in total. The lowest BCUT2D eigenvalue weighted by Gasteiger charge is -2.25. The predicted molar refractivity (Wildman–Crippen MR) is 105 cm³/mol. The molecule has 3 heterocycles. The normalized spacial score (nSPS) is 15.6. The van der Waals surface area contributed by atoms with E-state index in [1.807, 2.05) is 25.1 Å². The van der Waals surface area contributed by atoms with Crippen LogP contribution in [0.25, 0.3) is 0 Å². The third kappa shape index (κ3) is 4.94. The molecule has 0 aliphatic carbocycles. The molecule has 2 aromatic heterocycles.